The van der Waals surface area contributed by atoms with E-state index < -0.39 is 15.4 Å². The first-order valence-electron chi connectivity index (χ1n) is 13.3. The molecule has 38 heavy (non-hydrogen) atoms. The molecule has 2 aliphatic heterocycles. The molecule has 1 saturated heterocycles. The van der Waals surface area contributed by atoms with Gasteiger partial charge in [-0.2, -0.15) is 0 Å². The summed E-state index contributed by atoms with van der Waals surface area (Å²) in [6, 6.07) is 7.96. The van der Waals surface area contributed by atoms with Gasteiger partial charge in [0.25, 0.3) is 0 Å². The van der Waals surface area contributed by atoms with Gasteiger partial charge in [0.2, 0.25) is 15.9 Å². The minimum absolute atomic E-state index is 0.150. The maximum absolute atomic E-state index is 13.0. The number of fused-ring (bicyclic) bond motifs is 4. The Kier molecular flexibility index (Phi) is 5.10. The summed E-state index contributed by atoms with van der Waals surface area (Å²) in [5, 5.41) is 0.657. The first kappa shape index (κ1) is 23.8. The zero-order valence-electron chi connectivity index (χ0n) is 21.9. The van der Waals surface area contributed by atoms with E-state index in [9.17, 15) is 13.2 Å². The molecule has 1 aromatic carbocycles. The minimum atomic E-state index is -3.45. The molecule has 1 amide bonds. The van der Waals surface area contributed by atoms with Crippen LogP contribution in [0.5, 0.6) is 0 Å². The number of carbonyl (C=O) groups is 1. The van der Waals surface area contributed by atoms with E-state index in [1.54, 1.807) is 11.1 Å². The van der Waals surface area contributed by atoms with Gasteiger partial charge < -0.3 is 14.7 Å². The number of likely N-dealkylation sites (N-methyl/N-ethyl adjacent to an activating group) is 1. The number of hydrogen-bond donors (Lipinski definition) is 1. The average Bonchev–Trinajstić information content (AvgIpc) is 3.77. The van der Waals surface area contributed by atoms with Crippen LogP contribution >= 0.6 is 0 Å². The van der Waals surface area contributed by atoms with Crippen LogP contribution in [0.3, 0.4) is 0 Å². The first-order chi connectivity index (χ1) is 18.2. The second kappa shape index (κ2) is 8.13. The zero-order valence-corrected chi connectivity index (χ0v) is 22.8. The van der Waals surface area contributed by atoms with Crippen molar-refractivity contribution in [3.8, 4) is 11.1 Å². The van der Waals surface area contributed by atoms with Gasteiger partial charge in [0.1, 0.15) is 0 Å². The molecular formula is C28H32N6O3S. The molecule has 9 nitrogen and oxygen atoms in total. The summed E-state index contributed by atoms with van der Waals surface area (Å²) in [5.74, 6) is 1.36. The van der Waals surface area contributed by atoms with E-state index in [-0.39, 0.29) is 11.2 Å². The summed E-state index contributed by atoms with van der Waals surface area (Å²) in [6.07, 6.45) is 6.75. The Balaban J connectivity index is 1.28. The van der Waals surface area contributed by atoms with Crippen LogP contribution in [0.2, 0.25) is 0 Å². The largest absolute Gasteiger partial charge is 0.354 e. The fourth-order valence-electron chi connectivity index (χ4n) is 6.18. The summed E-state index contributed by atoms with van der Waals surface area (Å²) in [7, 11) is 2.51. The highest BCUT2D eigenvalue weighted by atomic mass is 32.2. The third-order valence-electron chi connectivity index (χ3n) is 8.45. The molecule has 0 radical (unpaired) electrons. The second-order valence-electron chi connectivity index (χ2n) is 11.7. The van der Waals surface area contributed by atoms with E-state index in [1.807, 2.05) is 31.4 Å². The molecular weight excluding hydrogens is 500 g/mol. The predicted molar refractivity (Wildman–Crippen MR) is 149 cm³/mol. The minimum Gasteiger partial charge on any atom is -0.354 e. The van der Waals surface area contributed by atoms with Crippen molar-refractivity contribution in [2.24, 2.45) is 5.92 Å². The van der Waals surface area contributed by atoms with Gasteiger partial charge in [-0.15, -0.1) is 0 Å². The van der Waals surface area contributed by atoms with Crippen molar-refractivity contribution in [2.45, 2.75) is 36.3 Å². The molecule has 0 atom stereocenters. The number of anilines is 3. The highest BCUT2D eigenvalue weighted by molar-refractivity contribution is 7.93. The Hall–Kier alpha value is -3.24. The van der Waals surface area contributed by atoms with Crippen molar-refractivity contribution < 1.29 is 13.2 Å². The predicted octanol–water partition coefficient (Wildman–Crippen LogP) is 3.21. The first-order valence-corrected chi connectivity index (χ1v) is 14.8. The standard InChI is InChI=1S/C28H32N6O3S/c1-32(2)14-17-15-34(16-17)26-23(31-38(36,37)20-5-6-20)11-19(12-30-26)18-4-7-22-21(10-18)25-24(13-29-22)33(3)27(35)28(25)8-9-28/h4,7,10-13,17,20,31H,5-6,8-9,14-16H2,1-3H3. The topological polar surface area (TPSA) is 98.7 Å². The molecule has 3 fully saturated rings. The number of nitrogens with one attached hydrogen (secondary N) is 1. The van der Waals surface area contributed by atoms with Crippen LogP contribution < -0.4 is 14.5 Å². The Morgan fingerprint density at radius 2 is 1.84 bits per heavy atom. The van der Waals surface area contributed by atoms with Crippen molar-refractivity contribution >= 4 is 44.0 Å². The lowest BCUT2D eigenvalue weighted by Crippen LogP contribution is -2.51. The monoisotopic (exact) mass is 532 g/mol. The van der Waals surface area contributed by atoms with Gasteiger partial charge in [-0.3, -0.25) is 14.5 Å². The second-order valence-corrected chi connectivity index (χ2v) is 13.6. The van der Waals surface area contributed by atoms with E-state index in [0.717, 1.165) is 65.8 Å². The van der Waals surface area contributed by atoms with Gasteiger partial charge in [-0.1, -0.05) is 6.07 Å². The lowest BCUT2D eigenvalue weighted by atomic mass is 9.92. The Morgan fingerprint density at radius 3 is 2.53 bits per heavy atom. The van der Waals surface area contributed by atoms with Gasteiger partial charge in [0.15, 0.2) is 5.82 Å². The van der Waals surface area contributed by atoms with E-state index in [4.69, 9.17) is 4.98 Å². The molecule has 2 aliphatic carbocycles. The molecule has 1 N–H and O–H groups in total. The number of nitrogens with zero attached hydrogens (tertiary/aromatic N) is 5. The van der Waals surface area contributed by atoms with Crippen LogP contribution in [0, 0.1) is 5.92 Å². The highest BCUT2D eigenvalue weighted by Gasteiger charge is 2.59. The van der Waals surface area contributed by atoms with E-state index in [2.05, 4.69) is 39.7 Å². The van der Waals surface area contributed by atoms with Crippen molar-refractivity contribution in [1.82, 2.24) is 14.9 Å². The molecule has 0 bridgehead atoms. The molecule has 1 spiro atoms. The molecule has 4 aliphatic rings. The van der Waals surface area contributed by atoms with Gasteiger partial charge >= 0.3 is 0 Å². The maximum Gasteiger partial charge on any atom is 0.237 e. The number of rotatable bonds is 7. The number of hydrogen-bond acceptors (Lipinski definition) is 7. The maximum atomic E-state index is 13.0. The highest BCUT2D eigenvalue weighted by Crippen LogP contribution is 2.58. The molecule has 7 rings (SSSR count). The third-order valence-corrected chi connectivity index (χ3v) is 10.3. The molecule has 2 aromatic heterocycles. The Bertz CT molecular complexity index is 1590. The van der Waals surface area contributed by atoms with Crippen LogP contribution in [0.4, 0.5) is 17.2 Å². The summed E-state index contributed by atoms with van der Waals surface area (Å²) in [6.45, 7) is 2.69. The van der Waals surface area contributed by atoms with Crippen molar-refractivity contribution in [3.05, 3.63) is 42.2 Å². The number of amides is 1. The number of benzene rings is 1. The Labute approximate surface area is 222 Å². The fourth-order valence-corrected chi connectivity index (χ4v) is 7.56. The van der Waals surface area contributed by atoms with E-state index in [0.29, 0.717) is 30.3 Å². The summed E-state index contributed by atoms with van der Waals surface area (Å²) >= 11 is 0. The SMILES string of the molecule is CN(C)CC1CN(c2ncc(-c3ccc4ncc5c(c4c3)C3(CC3)C(=O)N5C)cc2NS(=O)(=O)C2CC2)C1. The molecule has 2 saturated carbocycles. The van der Waals surface area contributed by atoms with E-state index >= 15 is 0 Å². The number of carbonyl (C=O) groups excluding carboxylic acids is 1. The van der Waals surface area contributed by atoms with Gasteiger partial charge in [0.05, 0.1) is 33.8 Å². The van der Waals surface area contributed by atoms with Crippen LogP contribution in [0.25, 0.3) is 22.0 Å². The zero-order chi connectivity index (χ0) is 26.4. The molecule has 3 aromatic rings. The fraction of sp³-hybridized carbons (Fsp3) is 0.464. The third kappa shape index (κ3) is 3.68. The molecule has 4 heterocycles. The number of pyridine rings is 2. The van der Waals surface area contributed by atoms with Gasteiger partial charge in [-0.25, -0.2) is 13.4 Å². The average molecular weight is 533 g/mol. The Morgan fingerprint density at radius 1 is 1.08 bits per heavy atom. The lowest BCUT2D eigenvalue weighted by Gasteiger charge is -2.42. The summed E-state index contributed by atoms with van der Waals surface area (Å²) < 4.78 is 28.7. The lowest BCUT2D eigenvalue weighted by molar-refractivity contribution is -0.119. The number of sulfonamides is 1. The van der Waals surface area contributed by atoms with Crippen LogP contribution in [0.15, 0.2) is 36.7 Å². The van der Waals surface area contributed by atoms with Crippen molar-refractivity contribution in [3.63, 3.8) is 0 Å². The van der Waals surface area contributed by atoms with Crippen LogP contribution in [0.1, 0.15) is 31.2 Å². The molecule has 0 unspecified atom stereocenters. The smallest absolute Gasteiger partial charge is 0.237 e. The summed E-state index contributed by atoms with van der Waals surface area (Å²) in [5.41, 5.74) is 4.67. The van der Waals surface area contributed by atoms with Crippen molar-refractivity contribution in [2.75, 3.05) is 55.3 Å². The van der Waals surface area contributed by atoms with Crippen LogP contribution in [-0.4, -0.2) is 75.2 Å². The van der Waals surface area contributed by atoms with Gasteiger partial charge in [0, 0.05) is 55.3 Å². The number of aromatic nitrogens is 2. The van der Waals surface area contributed by atoms with Gasteiger partial charge in [-0.05, 0) is 63.5 Å². The van der Waals surface area contributed by atoms with Crippen molar-refractivity contribution in [1.29, 1.82) is 0 Å². The van der Waals surface area contributed by atoms with E-state index in [1.165, 1.54) is 0 Å². The normalized spacial score (nSPS) is 20.4. The molecule has 198 valence electrons. The summed E-state index contributed by atoms with van der Waals surface area (Å²) in [4.78, 5) is 28.5. The van der Waals surface area contributed by atoms with Crippen LogP contribution in [-0.2, 0) is 20.2 Å². The molecule has 10 heteroatoms. The quantitative estimate of drug-likeness (QED) is 0.499.